The second-order valence-electron chi connectivity index (χ2n) is 7.08. The van der Waals surface area contributed by atoms with Crippen LogP contribution in [0.2, 0.25) is 18.1 Å². The molecule has 12 heteroatoms. The van der Waals surface area contributed by atoms with Crippen molar-refractivity contribution < 1.29 is 39.8 Å². The average molecular weight is 489 g/mol. The molecule has 0 saturated heterocycles. The van der Waals surface area contributed by atoms with Gasteiger partial charge < -0.3 is 39.8 Å². The summed E-state index contributed by atoms with van der Waals surface area (Å²) in [6.45, 7) is 0. The fourth-order valence-corrected chi connectivity index (χ4v) is 9.07. The molecule has 0 aromatic heterocycles. The summed E-state index contributed by atoms with van der Waals surface area (Å²) < 4.78 is 50.1. The van der Waals surface area contributed by atoms with Crippen LogP contribution in [-0.2, 0) is 39.8 Å². The van der Waals surface area contributed by atoms with Crippen LogP contribution in [0, 0.1) is 5.92 Å². The van der Waals surface area contributed by atoms with E-state index in [0.717, 1.165) is 50.2 Å². The first kappa shape index (κ1) is 30.3. The van der Waals surface area contributed by atoms with Gasteiger partial charge in [0.1, 0.15) is 0 Å². The molecule has 0 amide bonds. The van der Waals surface area contributed by atoms with E-state index in [-0.39, 0.29) is 0 Å². The lowest BCUT2D eigenvalue weighted by atomic mass is 9.96. The molecule has 0 aromatic carbocycles. The number of hydrogen-bond acceptors (Lipinski definition) is 9. The molecule has 0 aliphatic carbocycles. The Morgan fingerprint density at radius 1 is 0.400 bits per heavy atom. The standard InChI is InChI=1S/C18H44O9Si3/c1-19-28(20-2,21-3)15-10-12-18(14-17-30(25-7,26-8)27-9)13-11-16-29(22-4,23-5)24-6/h18H,10-17H2,1-9H3. The Morgan fingerprint density at radius 2 is 0.667 bits per heavy atom. The summed E-state index contributed by atoms with van der Waals surface area (Å²) in [6, 6.07) is 2.33. The van der Waals surface area contributed by atoms with Crippen LogP contribution in [0.5, 0.6) is 0 Å². The van der Waals surface area contributed by atoms with Crippen molar-refractivity contribution in [1.29, 1.82) is 0 Å². The Morgan fingerprint density at radius 3 is 0.933 bits per heavy atom. The highest BCUT2D eigenvalue weighted by molar-refractivity contribution is 6.61. The van der Waals surface area contributed by atoms with Crippen LogP contribution in [-0.4, -0.2) is 90.4 Å². The third-order valence-corrected chi connectivity index (χ3v) is 14.3. The van der Waals surface area contributed by atoms with Crippen molar-refractivity contribution in [3.05, 3.63) is 0 Å². The third kappa shape index (κ3) is 9.42. The summed E-state index contributed by atoms with van der Waals surface area (Å²) in [6.07, 6.45) is 4.90. The molecule has 0 aromatic rings. The maximum Gasteiger partial charge on any atom is 0.500 e. The van der Waals surface area contributed by atoms with Gasteiger partial charge in [0.15, 0.2) is 0 Å². The Bertz CT molecular complexity index is 369. The predicted molar refractivity (Wildman–Crippen MR) is 121 cm³/mol. The van der Waals surface area contributed by atoms with Gasteiger partial charge in [-0.2, -0.15) is 0 Å². The van der Waals surface area contributed by atoms with E-state index in [2.05, 4.69) is 0 Å². The zero-order valence-electron chi connectivity index (χ0n) is 20.4. The number of hydrogen-bond donors (Lipinski definition) is 0. The molecule has 0 atom stereocenters. The molecule has 9 nitrogen and oxygen atoms in total. The molecule has 0 rings (SSSR count). The molecule has 0 unspecified atom stereocenters. The highest BCUT2D eigenvalue weighted by atomic mass is 28.4. The highest BCUT2D eigenvalue weighted by Crippen LogP contribution is 2.29. The molecule has 0 saturated carbocycles. The van der Waals surface area contributed by atoms with Gasteiger partial charge in [-0.15, -0.1) is 0 Å². The Labute approximate surface area is 186 Å². The van der Waals surface area contributed by atoms with Crippen molar-refractivity contribution in [3.8, 4) is 0 Å². The van der Waals surface area contributed by atoms with Crippen molar-refractivity contribution in [1.82, 2.24) is 0 Å². The quantitative estimate of drug-likeness (QED) is 0.240. The first-order chi connectivity index (χ1) is 14.3. The molecular formula is C18H44O9Si3. The van der Waals surface area contributed by atoms with Gasteiger partial charge in [-0.3, -0.25) is 0 Å². The van der Waals surface area contributed by atoms with E-state index in [1.807, 2.05) is 0 Å². The lowest BCUT2D eigenvalue weighted by Gasteiger charge is -2.28. The molecule has 30 heavy (non-hydrogen) atoms. The molecule has 0 spiro atoms. The van der Waals surface area contributed by atoms with Crippen LogP contribution in [0.4, 0.5) is 0 Å². The largest absolute Gasteiger partial charge is 0.500 e. The predicted octanol–water partition coefficient (Wildman–Crippen LogP) is 3.19. The van der Waals surface area contributed by atoms with Gasteiger partial charge in [0.25, 0.3) is 0 Å². The zero-order valence-corrected chi connectivity index (χ0v) is 23.4. The van der Waals surface area contributed by atoms with E-state index in [9.17, 15) is 0 Å². The average Bonchev–Trinajstić information content (AvgIpc) is 2.81. The Kier molecular flexibility index (Phi) is 16.1. The molecule has 182 valence electrons. The summed E-state index contributed by atoms with van der Waals surface area (Å²) >= 11 is 0. The Hall–Kier alpha value is 0.291. The first-order valence-corrected chi connectivity index (χ1v) is 16.1. The van der Waals surface area contributed by atoms with E-state index in [1.165, 1.54) is 0 Å². The topological polar surface area (TPSA) is 83.1 Å². The first-order valence-electron chi connectivity index (χ1n) is 10.3. The SMILES string of the molecule is CO[Si](CCCC(CCC[Si](OC)(OC)OC)CC[Si](OC)(OC)OC)(OC)OC. The maximum atomic E-state index is 5.60. The van der Waals surface area contributed by atoms with Gasteiger partial charge in [-0.1, -0.05) is 12.8 Å². The van der Waals surface area contributed by atoms with E-state index in [0.29, 0.717) is 5.92 Å². The van der Waals surface area contributed by atoms with Gasteiger partial charge in [0.05, 0.1) is 0 Å². The second-order valence-corrected chi connectivity index (χ2v) is 16.3. The van der Waals surface area contributed by atoms with Crippen molar-refractivity contribution in [2.24, 2.45) is 5.92 Å². The minimum absolute atomic E-state index is 0.465. The van der Waals surface area contributed by atoms with Gasteiger partial charge in [0.2, 0.25) is 0 Å². The van der Waals surface area contributed by atoms with Crippen molar-refractivity contribution in [2.75, 3.05) is 64.0 Å². The van der Waals surface area contributed by atoms with E-state index in [1.54, 1.807) is 64.0 Å². The van der Waals surface area contributed by atoms with Crippen LogP contribution >= 0.6 is 0 Å². The van der Waals surface area contributed by atoms with Crippen molar-refractivity contribution in [2.45, 2.75) is 50.2 Å². The van der Waals surface area contributed by atoms with Gasteiger partial charge >= 0.3 is 26.4 Å². The lowest BCUT2D eigenvalue weighted by Crippen LogP contribution is -2.43. The maximum absolute atomic E-state index is 5.60. The van der Waals surface area contributed by atoms with Crippen LogP contribution in [0.3, 0.4) is 0 Å². The fourth-order valence-electron chi connectivity index (χ4n) is 3.70. The van der Waals surface area contributed by atoms with Crippen LogP contribution in [0.25, 0.3) is 0 Å². The van der Waals surface area contributed by atoms with Crippen LogP contribution < -0.4 is 0 Å². The van der Waals surface area contributed by atoms with Gasteiger partial charge in [-0.05, 0) is 25.2 Å². The second kappa shape index (κ2) is 16.0. The van der Waals surface area contributed by atoms with Crippen LogP contribution in [0.15, 0.2) is 0 Å². The van der Waals surface area contributed by atoms with E-state index in [4.69, 9.17) is 39.8 Å². The fraction of sp³-hybridized carbons (Fsp3) is 1.00. The van der Waals surface area contributed by atoms with Crippen molar-refractivity contribution in [3.63, 3.8) is 0 Å². The summed E-state index contributed by atoms with van der Waals surface area (Å²) in [5.41, 5.74) is 0. The molecule has 0 heterocycles. The van der Waals surface area contributed by atoms with Crippen LogP contribution in [0.1, 0.15) is 32.1 Å². The minimum Gasteiger partial charge on any atom is -0.377 e. The minimum atomic E-state index is -2.60. The zero-order chi connectivity index (χ0) is 23.1. The molecule has 0 bridgehead atoms. The van der Waals surface area contributed by atoms with E-state index < -0.39 is 26.4 Å². The summed E-state index contributed by atoms with van der Waals surface area (Å²) in [5, 5.41) is 0. The summed E-state index contributed by atoms with van der Waals surface area (Å²) in [4.78, 5) is 0. The smallest absolute Gasteiger partial charge is 0.377 e. The normalized spacial score (nSPS) is 13.4. The van der Waals surface area contributed by atoms with Gasteiger partial charge in [0, 0.05) is 82.1 Å². The van der Waals surface area contributed by atoms with Gasteiger partial charge in [-0.25, -0.2) is 0 Å². The molecule has 0 radical (unpaired) electrons. The molecule has 0 aliphatic heterocycles. The third-order valence-electron chi connectivity index (χ3n) is 5.85. The number of rotatable bonds is 20. The summed E-state index contributed by atoms with van der Waals surface area (Å²) in [7, 11) is 7.13. The monoisotopic (exact) mass is 488 g/mol. The van der Waals surface area contributed by atoms with E-state index >= 15 is 0 Å². The molecule has 0 fully saturated rings. The lowest BCUT2D eigenvalue weighted by molar-refractivity contribution is 0.117. The Balaban J connectivity index is 4.99. The highest BCUT2D eigenvalue weighted by Gasteiger charge is 2.40. The summed E-state index contributed by atoms with van der Waals surface area (Å²) in [5.74, 6) is 0.465. The van der Waals surface area contributed by atoms with Crippen molar-refractivity contribution >= 4 is 26.4 Å². The molecule has 0 N–H and O–H groups in total. The molecular weight excluding hydrogens is 444 g/mol. The molecule has 0 aliphatic rings.